The van der Waals surface area contributed by atoms with Gasteiger partial charge in [0.1, 0.15) is 0 Å². The molecule has 0 radical (unpaired) electrons. The summed E-state index contributed by atoms with van der Waals surface area (Å²) in [6.45, 7) is 7.01. The molecule has 1 rings (SSSR count). The van der Waals surface area contributed by atoms with Gasteiger partial charge in [0.15, 0.2) is 0 Å². The Kier molecular flexibility index (Phi) is 4.31. The predicted octanol–water partition coefficient (Wildman–Crippen LogP) is 4.36. The molecule has 0 aromatic heterocycles. The van der Waals surface area contributed by atoms with Crippen molar-refractivity contribution in [2.24, 2.45) is 5.41 Å². The van der Waals surface area contributed by atoms with E-state index in [9.17, 15) is 0 Å². The van der Waals surface area contributed by atoms with Crippen LogP contribution in [0.2, 0.25) is 0 Å². The van der Waals surface area contributed by atoms with Crippen LogP contribution in [-0.4, -0.2) is 11.0 Å². The second-order valence-corrected chi connectivity index (χ2v) is 7.57. The minimum absolute atomic E-state index is 0.538. The van der Waals surface area contributed by atoms with Gasteiger partial charge >= 0.3 is 0 Å². The Balaban J connectivity index is 2.02. The molecule has 0 amide bonds. The molecule has 1 unspecified atom stereocenters. The first-order valence-electron chi connectivity index (χ1n) is 4.86. The highest BCUT2D eigenvalue weighted by Crippen LogP contribution is 2.40. The van der Waals surface area contributed by atoms with E-state index in [1.165, 1.54) is 31.4 Å². The third-order valence-corrected chi connectivity index (χ3v) is 5.19. The van der Waals surface area contributed by atoms with Gasteiger partial charge in [-0.05, 0) is 24.7 Å². The molecule has 0 N–H and O–H groups in total. The second-order valence-electron chi connectivity index (χ2n) is 4.78. The van der Waals surface area contributed by atoms with Crippen LogP contribution in [0, 0.1) is 5.41 Å². The summed E-state index contributed by atoms with van der Waals surface area (Å²) in [5, 5.41) is 0.970. The van der Waals surface area contributed by atoms with E-state index in [2.05, 4.69) is 42.4 Å². The van der Waals surface area contributed by atoms with Crippen LogP contribution >= 0.6 is 21.6 Å². The maximum atomic E-state index is 2.34. The van der Waals surface area contributed by atoms with Crippen molar-refractivity contribution in [1.29, 1.82) is 0 Å². The normalized spacial score (nSPS) is 24.8. The van der Waals surface area contributed by atoms with Crippen molar-refractivity contribution < 1.29 is 0 Å². The fraction of sp³-hybridized carbons (Fsp3) is 1.00. The molecule has 0 aromatic carbocycles. The van der Waals surface area contributed by atoms with Crippen molar-refractivity contribution in [2.45, 2.75) is 51.7 Å². The Morgan fingerprint density at radius 2 is 2.08 bits per heavy atom. The molecule has 2 heteroatoms. The van der Waals surface area contributed by atoms with Gasteiger partial charge in [0.25, 0.3) is 0 Å². The largest absolute Gasteiger partial charge is 0.0938 e. The van der Waals surface area contributed by atoms with Gasteiger partial charge in [-0.3, -0.25) is 0 Å². The summed E-state index contributed by atoms with van der Waals surface area (Å²) in [6.07, 6.45) is 5.69. The fourth-order valence-electron chi connectivity index (χ4n) is 1.42. The average Bonchev–Trinajstić information content (AvgIpc) is 2.36. The minimum Gasteiger partial charge on any atom is -0.0938 e. The molecular weight excluding hydrogens is 184 g/mol. The van der Waals surface area contributed by atoms with Crippen molar-refractivity contribution in [3.05, 3.63) is 0 Å². The van der Waals surface area contributed by atoms with E-state index in [4.69, 9.17) is 0 Å². The predicted molar refractivity (Wildman–Crippen MR) is 61.8 cm³/mol. The summed E-state index contributed by atoms with van der Waals surface area (Å²) in [5.74, 6) is 1.38. The highest BCUT2D eigenvalue weighted by atomic mass is 33.1. The summed E-state index contributed by atoms with van der Waals surface area (Å²) in [7, 11) is 4.17. The maximum Gasteiger partial charge on any atom is 0.0159 e. The van der Waals surface area contributed by atoms with Crippen molar-refractivity contribution >= 4 is 21.6 Å². The van der Waals surface area contributed by atoms with Gasteiger partial charge in [-0.2, -0.15) is 0 Å². The van der Waals surface area contributed by atoms with Gasteiger partial charge < -0.3 is 0 Å². The summed E-state index contributed by atoms with van der Waals surface area (Å²) in [4.78, 5) is 0. The molecule has 0 bridgehead atoms. The minimum atomic E-state index is 0.538. The molecule has 0 nitrogen and oxygen atoms in total. The molecule has 1 atom stereocenters. The van der Waals surface area contributed by atoms with Crippen LogP contribution in [-0.2, 0) is 0 Å². The third kappa shape index (κ3) is 4.66. The lowest BCUT2D eigenvalue weighted by molar-refractivity contribution is 0.359. The van der Waals surface area contributed by atoms with Crippen LogP contribution in [0.3, 0.4) is 0 Å². The second kappa shape index (κ2) is 4.80. The highest BCUT2D eigenvalue weighted by Gasteiger charge is 2.17. The highest BCUT2D eigenvalue weighted by molar-refractivity contribution is 8.77. The number of hydrogen-bond acceptors (Lipinski definition) is 2. The van der Waals surface area contributed by atoms with E-state index in [0.29, 0.717) is 5.41 Å². The van der Waals surface area contributed by atoms with Gasteiger partial charge in [0.2, 0.25) is 0 Å². The molecular formula is C10H20S2. The molecule has 72 valence electrons. The molecule has 0 aliphatic carbocycles. The topological polar surface area (TPSA) is 0 Å². The van der Waals surface area contributed by atoms with E-state index in [1.54, 1.807) is 0 Å². The van der Waals surface area contributed by atoms with Crippen LogP contribution in [0.4, 0.5) is 0 Å². The van der Waals surface area contributed by atoms with Crippen molar-refractivity contribution in [3.63, 3.8) is 0 Å². The van der Waals surface area contributed by atoms with Crippen molar-refractivity contribution in [1.82, 2.24) is 0 Å². The van der Waals surface area contributed by atoms with Gasteiger partial charge in [0, 0.05) is 11.0 Å². The Hall–Kier alpha value is 0.700. The summed E-state index contributed by atoms with van der Waals surface area (Å²) in [5.41, 5.74) is 0.538. The average molecular weight is 204 g/mol. The SMILES string of the molecule is CC(C)(C)CCCC1CCSS1. The maximum absolute atomic E-state index is 2.34. The summed E-state index contributed by atoms with van der Waals surface area (Å²) >= 11 is 0. The lowest BCUT2D eigenvalue weighted by atomic mass is 9.89. The van der Waals surface area contributed by atoms with Crippen LogP contribution in [0.25, 0.3) is 0 Å². The smallest absolute Gasteiger partial charge is 0.0159 e. The molecule has 1 aliphatic rings. The first-order valence-corrected chi connectivity index (χ1v) is 7.24. The molecule has 1 heterocycles. The summed E-state index contributed by atoms with van der Waals surface area (Å²) in [6, 6.07) is 0. The van der Waals surface area contributed by atoms with Gasteiger partial charge in [-0.1, -0.05) is 48.8 Å². The van der Waals surface area contributed by atoms with E-state index in [-0.39, 0.29) is 0 Å². The van der Waals surface area contributed by atoms with E-state index < -0.39 is 0 Å². The quantitative estimate of drug-likeness (QED) is 0.627. The standard InChI is InChI=1S/C10H20S2/c1-10(2,3)7-4-5-9-6-8-11-12-9/h9H,4-8H2,1-3H3. The number of rotatable bonds is 3. The monoisotopic (exact) mass is 204 g/mol. The van der Waals surface area contributed by atoms with Crippen molar-refractivity contribution in [3.8, 4) is 0 Å². The zero-order valence-corrected chi connectivity index (χ0v) is 10.1. The molecule has 0 aromatic rings. The Morgan fingerprint density at radius 1 is 1.33 bits per heavy atom. The van der Waals surface area contributed by atoms with Crippen molar-refractivity contribution in [2.75, 3.05) is 5.75 Å². The Morgan fingerprint density at radius 3 is 2.58 bits per heavy atom. The fourth-order valence-corrected chi connectivity index (χ4v) is 4.45. The molecule has 0 saturated carbocycles. The zero-order chi connectivity index (χ0) is 9.03. The lowest BCUT2D eigenvalue weighted by Gasteiger charge is -2.18. The molecule has 12 heavy (non-hydrogen) atoms. The summed E-state index contributed by atoms with van der Waals surface area (Å²) < 4.78 is 0. The van der Waals surface area contributed by atoms with E-state index >= 15 is 0 Å². The zero-order valence-electron chi connectivity index (χ0n) is 8.43. The number of hydrogen-bond donors (Lipinski definition) is 0. The first kappa shape index (κ1) is 10.8. The first-order chi connectivity index (χ1) is 5.58. The van der Waals surface area contributed by atoms with Crippen LogP contribution in [0.15, 0.2) is 0 Å². The lowest BCUT2D eigenvalue weighted by Crippen LogP contribution is -2.06. The molecule has 1 aliphatic heterocycles. The third-order valence-electron chi connectivity index (χ3n) is 2.18. The van der Waals surface area contributed by atoms with E-state index in [1.807, 2.05) is 0 Å². The molecule has 0 spiro atoms. The molecule has 1 saturated heterocycles. The van der Waals surface area contributed by atoms with Gasteiger partial charge in [0.05, 0.1) is 0 Å². The van der Waals surface area contributed by atoms with Gasteiger partial charge in [-0.25, -0.2) is 0 Å². The Bertz CT molecular complexity index is 120. The van der Waals surface area contributed by atoms with E-state index in [0.717, 1.165) is 5.25 Å². The van der Waals surface area contributed by atoms with Gasteiger partial charge in [-0.15, -0.1) is 0 Å². The van der Waals surface area contributed by atoms with Crippen LogP contribution in [0.1, 0.15) is 46.5 Å². The molecule has 1 fully saturated rings. The Labute approximate surface area is 84.7 Å². The van der Waals surface area contributed by atoms with Crippen LogP contribution < -0.4 is 0 Å². The van der Waals surface area contributed by atoms with Crippen LogP contribution in [0.5, 0.6) is 0 Å².